The summed E-state index contributed by atoms with van der Waals surface area (Å²) in [6.45, 7) is 2.26. The third kappa shape index (κ3) is 3.89. The second-order valence-electron chi connectivity index (χ2n) is 6.31. The van der Waals surface area contributed by atoms with E-state index in [2.05, 4.69) is 15.7 Å². The summed E-state index contributed by atoms with van der Waals surface area (Å²) in [5.41, 5.74) is 1.04. The van der Waals surface area contributed by atoms with Gasteiger partial charge < -0.3 is 4.90 Å². The Labute approximate surface area is 165 Å². The molecule has 0 amide bonds. The zero-order valence-corrected chi connectivity index (χ0v) is 17.1. The predicted octanol–water partition coefficient (Wildman–Crippen LogP) is 4.21. The maximum atomic E-state index is 12.3. The third-order valence-corrected chi connectivity index (χ3v) is 8.79. The second kappa shape index (κ2) is 7.44. The van der Waals surface area contributed by atoms with Crippen LogP contribution in [0.25, 0.3) is 10.2 Å². The van der Waals surface area contributed by atoms with Crippen LogP contribution >= 0.6 is 34.3 Å². The monoisotopic (exact) mass is 427 g/mol. The number of sulfonamides is 1. The fourth-order valence-corrected chi connectivity index (χ4v) is 6.73. The molecular formula is C17H18ClN3O2S3. The summed E-state index contributed by atoms with van der Waals surface area (Å²) in [5, 5.41) is 1.05. The summed E-state index contributed by atoms with van der Waals surface area (Å²) in [7, 11) is -3.46. The molecule has 1 saturated heterocycles. The van der Waals surface area contributed by atoms with Gasteiger partial charge in [0, 0.05) is 19.6 Å². The number of thiazole rings is 1. The first-order valence-electron chi connectivity index (χ1n) is 8.37. The number of benzene rings is 1. The Bertz CT molecular complexity index is 974. The molecule has 3 aromatic rings. The minimum absolute atomic E-state index is 0.273. The summed E-state index contributed by atoms with van der Waals surface area (Å²) >= 11 is 8.63. The highest BCUT2D eigenvalue weighted by molar-refractivity contribution is 7.91. The van der Waals surface area contributed by atoms with Crippen LogP contribution in [0.4, 0.5) is 5.13 Å². The molecular weight excluding hydrogens is 410 g/mol. The lowest BCUT2D eigenvalue weighted by Crippen LogP contribution is -2.38. The standard InChI is InChI=1S/C17H18ClN3O2S3/c18-15-5-6-16(25-15)26(22,23)19-11-12-7-9-21(10-8-12)17-20-13-3-1-2-4-14(13)24-17/h1-6,12,19H,7-11H2. The Morgan fingerprint density at radius 2 is 1.92 bits per heavy atom. The molecule has 3 heterocycles. The topological polar surface area (TPSA) is 62.3 Å². The van der Waals surface area contributed by atoms with Gasteiger partial charge in [-0.1, -0.05) is 35.1 Å². The normalized spacial score (nSPS) is 16.4. The van der Waals surface area contributed by atoms with Gasteiger partial charge in [-0.3, -0.25) is 0 Å². The molecule has 4 rings (SSSR count). The number of hydrogen-bond donors (Lipinski definition) is 1. The fraction of sp³-hybridized carbons (Fsp3) is 0.353. The quantitative estimate of drug-likeness (QED) is 0.662. The lowest BCUT2D eigenvalue weighted by Gasteiger charge is -2.31. The van der Waals surface area contributed by atoms with Gasteiger partial charge in [-0.2, -0.15) is 0 Å². The van der Waals surface area contributed by atoms with Gasteiger partial charge in [0.05, 0.1) is 14.6 Å². The lowest BCUT2D eigenvalue weighted by molar-refractivity contribution is 0.402. The number of anilines is 1. The number of hydrogen-bond acceptors (Lipinski definition) is 6. The highest BCUT2D eigenvalue weighted by atomic mass is 35.5. The van der Waals surface area contributed by atoms with E-state index < -0.39 is 10.0 Å². The number of nitrogens with zero attached hydrogens (tertiary/aromatic N) is 2. The molecule has 0 bridgehead atoms. The molecule has 0 atom stereocenters. The molecule has 0 unspecified atom stereocenters. The predicted molar refractivity (Wildman–Crippen MR) is 109 cm³/mol. The molecule has 9 heteroatoms. The van der Waals surface area contributed by atoms with E-state index in [9.17, 15) is 8.42 Å². The van der Waals surface area contributed by atoms with Crippen molar-refractivity contribution in [1.82, 2.24) is 9.71 Å². The molecule has 5 nitrogen and oxygen atoms in total. The van der Waals surface area contributed by atoms with Crippen LogP contribution in [-0.2, 0) is 10.0 Å². The number of rotatable bonds is 5. The van der Waals surface area contributed by atoms with Gasteiger partial charge in [0.1, 0.15) is 4.21 Å². The minimum Gasteiger partial charge on any atom is -0.348 e. The molecule has 138 valence electrons. The molecule has 26 heavy (non-hydrogen) atoms. The molecule has 0 radical (unpaired) electrons. The van der Waals surface area contributed by atoms with Crippen LogP contribution in [0.15, 0.2) is 40.6 Å². The Morgan fingerprint density at radius 3 is 2.62 bits per heavy atom. The molecule has 1 N–H and O–H groups in total. The Morgan fingerprint density at radius 1 is 1.15 bits per heavy atom. The zero-order chi connectivity index (χ0) is 18.1. The van der Waals surface area contributed by atoms with Crippen molar-refractivity contribution in [3.8, 4) is 0 Å². The van der Waals surface area contributed by atoms with Crippen LogP contribution in [0, 0.1) is 5.92 Å². The number of nitrogens with one attached hydrogen (secondary N) is 1. The van der Waals surface area contributed by atoms with Crippen molar-refractivity contribution < 1.29 is 8.42 Å². The first-order valence-corrected chi connectivity index (χ1v) is 11.9. The first kappa shape index (κ1) is 18.2. The average Bonchev–Trinajstić information content (AvgIpc) is 3.27. The smallest absolute Gasteiger partial charge is 0.250 e. The lowest BCUT2D eigenvalue weighted by atomic mass is 9.97. The summed E-state index contributed by atoms with van der Waals surface area (Å²) in [4.78, 5) is 7.01. The van der Waals surface area contributed by atoms with Crippen molar-refractivity contribution in [2.24, 2.45) is 5.92 Å². The van der Waals surface area contributed by atoms with Gasteiger partial charge in [-0.25, -0.2) is 18.1 Å². The molecule has 0 saturated carbocycles. The Hall–Kier alpha value is -1.19. The van der Waals surface area contributed by atoms with Crippen LogP contribution in [0.2, 0.25) is 4.34 Å². The maximum absolute atomic E-state index is 12.3. The number of aromatic nitrogens is 1. The van der Waals surface area contributed by atoms with E-state index in [0.717, 1.165) is 47.9 Å². The zero-order valence-electron chi connectivity index (χ0n) is 13.9. The van der Waals surface area contributed by atoms with E-state index in [1.807, 2.05) is 18.2 Å². The van der Waals surface area contributed by atoms with E-state index in [4.69, 9.17) is 16.6 Å². The average molecular weight is 428 g/mol. The second-order valence-corrected chi connectivity index (χ2v) is 11.0. The number of halogens is 1. The largest absolute Gasteiger partial charge is 0.348 e. The third-order valence-electron chi connectivity index (χ3n) is 4.54. The van der Waals surface area contributed by atoms with E-state index in [1.54, 1.807) is 23.5 Å². The van der Waals surface area contributed by atoms with Crippen LogP contribution in [0.1, 0.15) is 12.8 Å². The van der Waals surface area contributed by atoms with Crippen molar-refractivity contribution in [2.75, 3.05) is 24.5 Å². The molecule has 2 aromatic heterocycles. The number of para-hydroxylation sites is 1. The van der Waals surface area contributed by atoms with E-state index in [0.29, 0.717) is 16.8 Å². The van der Waals surface area contributed by atoms with Gasteiger partial charge >= 0.3 is 0 Å². The summed E-state index contributed by atoms with van der Waals surface area (Å²) in [6.07, 6.45) is 1.90. The van der Waals surface area contributed by atoms with Crippen LogP contribution in [0.3, 0.4) is 0 Å². The highest BCUT2D eigenvalue weighted by Gasteiger charge is 2.24. The number of thiophene rings is 1. The van der Waals surface area contributed by atoms with Gasteiger partial charge in [0.25, 0.3) is 0 Å². The van der Waals surface area contributed by atoms with Crippen molar-refractivity contribution in [1.29, 1.82) is 0 Å². The summed E-state index contributed by atoms with van der Waals surface area (Å²) in [5.74, 6) is 0.339. The number of fused-ring (bicyclic) bond motifs is 1. The van der Waals surface area contributed by atoms with E-state index in [-0.39, 0.29) is 4.21 Å². The highest BCUT2D eigenvalue weighted by Crippen LogP contribution is 2.31. The molecule has 1 aromatic carbocycles. The van der Waals surface area contributed by atoms with Gasteiger partial charge in [-0.05, 0) is 43.0 Å². The minimum atomic E-state index is -3.46. The first-order chi connectivity index (χ1) is 12.5. The molecule has 1 aliphatic heterocycles. The SMILES string of the molecule is O=S(=O)(NCC1CCN(c2nc3ccccc3s2)CC1)c1ccc(Cl)s1. The van der Waals surface area contributed by atoms with E-state index >= 15 is 0 Å². The van der Waals surface area contributed by atoms with Crippen molar-refractivity contribution in [3.05, 3.63) is 40.7 Å². The molecule has 0 spiro atoms. The summed E-state index contributed by atoms with van der Waals surface area (Å²) in [6, 6.07) is 11.3. The van der Waals surface area contributed by atoms with Crippen molar-refractivity contribution in [3.63, 3.8) is 0 Å². The van der Waals surface area contributed by atoms with Crippen LogP contribution in [-0.4, -0.2) is 33.0 Å². The fourth-order valence-electron chi connectivity index (χ4n) is 3.06. The van der Waals surface area contributed by atoms with Crippen LogP contribution < -0.4 is 9.62 Å². The van der Waals surface area contributed by atoms with Crippen molar-refractivity contribution in [2.45, 2.75) is 17.1 Å². The Balaban J connectivity index is 1.33. The molecule has 1 aliphatic rings. The van der Waals surface area contributed by atoms with Gasteiger partial charge in [-0.15, -0.1) is 11.3 Å². The van der Waals surface area contributed by atoms with Crippen LogP contribution in [0.5, 0.6) is 0 Å². The molecule has 0 aliphatic carbocycles. The molecule has 1 fully saturated rings. The Kier molecular flexibility index (Phi) is 5.20. The van der Waals surface area contributed by atoms with Gasteiger partial charge in [0.15, 0.2) is 5.13 Å². The van der Waals surface area contributed by atoms with Crippen molar-refractivity contribution >= 4 is 59.6 Å². The maximum Gasteiger partial charge on any atom is 0.250 e. The van der Waals surface area contributed by atoms with Gasteiger partial charge in [0.2, 0.25) is 10.0 Å². The number of piperidine rings is 1. The van der Waals surface area contributed by atoms with E-state index in [1.165, 1.54) is 4.70 Å². The summed E-state index contributed by atoms with van der Waals surface area (Å²) < 4.78 is 29.3.